The fourth-order valence-electron chi connectivity index (χ4n) is 2.85. The molecular formula is C16H21BrN2O. The summed E-state index contributed by atoms with van der Waals surface area (Å²) >= 11 is 3.61. The van der Waals surface area contributed by atoms with E-state index in [9.17, 15) is 4.79 Å². The number of benzene rings is 1. The van der Waals surface area contributed by atoms with Crippen LogP contribution in [0.1, 0.15) is 31.2 Å². The highest BCUT2D eigenvalue weighted by atomic mass is 79.9. The number of hydrogen-bond donors (Lipinski definition) is 1. The van der Waals surface area contributed by atoms with E-state index in [1.807, 2.05) is 6.07 Å². The van der Waals surface area contributed by atoms with E-state index in [-0.39, 0.29) is 5.91 Å². The second-order valence-corrected chi connectivity index (χ2v) is 6.80. The van der Waals surface area contributed by atoms with Crippen LogP contribution >= 0.6 is 15.9 Å². The molecule has 0 bridgehead atoms. The summed E-state index contributed by atoms with van der Waals surface area (Å²) < 4.78 is 1.17. The Bertz CT molecular complexity index is 487. The Kier molecular flexibility index (Phi) is 4.41. The molecule has 1 aliphatic heterocycles. The molecule has 1 atom stereocenters. The van der Waals surface area contributed by atoms with E-state index in [4.69, 9.17) is 0 Å². The summed E-state index contributed by atoms with van der Waals surface area (Å²) in [4.78, 5) is 14.3. The van der Waals surface area contributed by atoms with Gasteiger partial charge in [0.25, 0.3) is 0 Å². The van der Waals surface area contributed by atoms with Gasteiger partial charge in [-0.3, -0.25) is 9.69 Å². The first kappa shape index (κ1) is 14.1. The van der Waals surface area contributed by atoms with Gasteiger partial charge in [-0.1, -0.05) is 34.1 Å². The third-order valence-electron chi connectivity index (χ3n) is 4.15. The first-order chi connectivity index (χ1) is 9.72. The van der Waals surface area contributed by atoms with Crippen LogP contribution in [-0.2, 0) is 11.3 Å². The summed E-state index contributed by atoms with van der Waals surface area (Å²) in [6.45, 7) is 3.05. The van der Waals surface area contributed by atoms with Gasteiger partial charge in [0.15, 0.2) is 0 Å². The lowest BCUT2D eigenvalue weighted by molar-refractivity contribution is -0.123. The van der Waals surface area contributed by atoms with Crippen molar-refractivity contribution in [3.8, 4) is 0 Å². The summed E-state index contributed by atoms with van der Waals surface area (Å²) in [5.74, 6) is 0.589. The molecule has 0 spiro atoms. The quantitative estimate of drug-likeness (QED) is 0.916. The topological polar surface area (TPSA) is 32.3 Å². The van der Waals surface area contributed by atoms with Crippen molar-refractivity contribution >= 4 is 21.8 Å². The van der Waals surface area contributed by atoms with Gasteiger partial charge in [-0.2, -0.15) is 0 Å². The van der Waals surface area contributed by atoms with Gasteiger partial charge in [-0.25, -0.2) is 0 Å². The fraction of sp³-hybridized carbons (Fsp3) is 0.562. The number of nitrogens with zero attached hydrogens (tertiary/aromatic N) is 1. The summed E-state index contributed by atoms with van der Waals surface area (Å²) in [7, 11) is 0. The van der Waals surface area contributed by atoms with Gasteiger partial charge in [0.1, 0.15) is 0 Å². The molecule has 4 heteroatoms. The lowest BCUT2D eigenvalue weighted by atomic mass is 10.0. The molecule has 108 valence electrons. The molecule has 1 aromatic carbocycles. The SMILES string of the molecule is O=C(NC1CCCN(Cc2ccccc2Br)C1)C1CC1. The minimum atomic E-state index is 0.276. The maximum absolute atomic E-state index is 11.9. The van der Waals surface area contributed by atoms with E-state index in [0.29, 0.717) is 12.0 Å². The molecule has 20 heavy (non-hydrogen) atoms. The number of carbonyl (C=O) groups excluding carboxylic acids is 1. The van der Waals surface area contributed by atoms with Crippen LogP contribution in [0.3, 0.4) is 0 Å². The average molecular weight is 337 g/mol. The van der Waals surface area contributed by atoms with Gasteiger partial charge in [-0.15, -0.1) is 0 Å². The number of carbonyl (C=O) groups is 1. The third-order valence-corrected chi connectivity index (χ3v) is 4.93. The fourth-order valence-corrected chi connectivity index (χ4v) is 3.26. The largest absolute Gasteiger partial charge is 0.352 e. The third kappa shape index (κ3) is 3.61. The second-order valence-electron chi connectivity index (χ2n) is 5.95. The molecule has 0 radical (unpaired) electrons. The molecule has 1 unspecified atom stereocenters. The summed E-state index contributed by atoms with van der Waals surface area (Å²) in [6.07, 6.45) is 4.45. The molecule has 1 N–H and O–H groups in total. The Balaban J connectivity index is 1.55. The number of nitrogens with one attached hydrogen (secondary N) is 1. The molecule has 3 rings (SSSR count). The van der Waals surface area contributed by atoms with Gasteiger partial charge < -0.3 is 5.32 Å². The summed E-state index contributed by atoms with van der Waals surface area (Å²) in [5.41, 5.74) is 1.32. The smallest absolute Gasteiger partial charge is 0.223 e. The lowest BCUT2D eigenvalue weighted by Gasteiger charge is -2.33. The number of amides is 1. The van der Waals surface area contributed by atoms with Crippen LogP contribution in [-0.4, -0.2) is 29.9 Å². The minimum absolute atomic E-state index is 0.276. The maximum atomic E-state index is 11.9. The van der Waals surface area contributed by atoms with E-state index in [2.05, 4.69) is 44.3 Å². The number of hydrogen-bond acceptors (Lipinski definition) is 2. The zero-order valence-electron chi connectivity index (χ0n) is 11.6. The molecule has 1 aromatic rings. The predicted molar refractivity (Wildman–Crippen MR) is 83.3 cm³/mol. The average Bonchev–Trinajstić information content (AvgIpc) is 3.26. The zero-order valence-corrected chi connectivity index (χ0v) is 13.2. The van der Waals surface area contributed by atoms with E-state index in [0.717, 1.165) is 38.9 Å². The summed E-state index contributed by atoms with van der Waals surface area (Å²) in [6, 6.07) is 8.71. The zero-order chi connectivity index (χ0) is 13.9. The van der Waals surface area contributed by atoms with Gasteiger partial charge in [0.2, 0.25) is 5.91 Å². The minimum Gasteiger partial charge on any atom is -0.352 e. The van der Waals surface area contributed by atoms with Crippen LogP contribution in [0.15, 0.2) is 28.7 Å². The van der Waals surface area contributed by atoms with E-state index >= 15 is 0 Å². The van der Waals surface area contributed by atoms with Crippen LogP contribution in [0.25, 0.3) is 0 Å². The van der Waals surface area contributed by atoms with Crippen molar-refractivity contribution in [2.75, 3.05) is 13.1 Å². The number of halogens is 1. The molecule has 1 heterocycles. The Morgan fingerprint density at radius 3 is 2.85 bits per heavy atom. The van der Waals surface area contributed by atoms with Crippen molar-refractivity contribution in [2.45, 2.75) is 38.3 Å². The van der Waals surface area contributed by atoms with E-state index in [1.54, 1.807) is 0 Å². The Hall–Kier alpha value is -0.870. The van der Waals surface area contributed by atoms with Crippen molar-refractivity contribution in [1.82, 2.24) is 10.2 Å². The standard InChI is InChI=1S/C16H21BrN2O/c17-15-6-2-1-4-13(15)10-19-9-3-5-14(11-19)18-16(20)12-7-8-12/h1-2,4,6,12,14H,3,5,7-11H2,(H,18,20). The first-order valence-corrected chi connectivity index (χ1v) is 8.28. The molecule has 1 saturated carbocycles. The van der Waals surface area contributed by atoms with Crippen molar-refractivity contribution in [3.63, 3.8) is 0 Å². The van der Waals surface area contributed by atoms with Gasteiger partial charge >= 0.3 is 0 Å². The van der Waals surface area contributed by atoms with Gasteiger partial charge in [-0.05, 0) is 43.9 Å². The molecule has 2 aliphatic rings. The molecular weight excluding hydrogens is 316 g/mol. The normalized spacial score (nSPS) is 23.6. The number of rotatable bonds is 4. The van der Waals surface area contributed by atoms with Crippen molar-refractivity contribution < 1.29 is 4.79 Å². The molecule has 3 nitrogen and oxygen atoms in total. The van der Waals surface area contributed by atoms with Crippen molar-refractivity contribution in [3.05, 3.63) is 34.3 Å². The molecule has 1 aliphatic carbocycles. The van der Waals surface area contributed by atoms with Crippen molar-refractivity contribution in [1.29, 1.82) is 0 Å². The predicted octanol–water partition coefficient (Wildman–Crippen LogP) is 2.94. The molecule has 2 fully saturated rings. The van der Waals surface area contributed by atoms with Crippen LogP contribution in [0.5, 0.6) is 0 Å². The Morgan fingerprint density at radius 2 is 2.10 bits per heavy atom. The van der Waals surface area contributed by atoms with Crippen molar-refractivity contribution in [2.24, 2.45) is 5.92 Å². The molecule has 1 amide bonds. The van der Waals surface area contributed by atoms with Gasteiger partial charge in [0.05, 0.1) is 0 Å². The highest BCUT2D eigenvalue weighted by molar-refractivity contribution is 9.10. The highest BCUT2D eigenvalue weighted by Crippen LogP contribution is 2.29. The Morgan fingerprint density at radius 1 is 1.30 bits per heavy atom. The number of piperidine rings is 1. The molecule has 1 saturated heterocycles. The number of likely N-dealkylation sites (tertiary alicyclic amines) is 1. The van der Waals surface area contributed by atoms with Crippen LogP contribution in [0, 0.1) is 5.92 Å². The highest BCUT2D eigenvalue weighted by Gasteiger charge is 2.32. The Labute approximate surface area is 128 Å². The van der Waals surface area contributed by atoms with Crippen LogP contribution < -0.4 is 5.32 Å². The monoisotopic (exact) mass is 336 g/mol. The lowest BCUT2D eigenvalue weighted by Crippen LogP contribution is -2.47. The first-order valence-electron chi connectivity index (χ1n) is 7.48. The van der Waals surface area contributed by atoms with E-state index < -0.39 is 0 Å². The summed E-state index contributed by atoms with van der Waals surface area (Å²) in [5, 5.41) is 3.22. The van der Waals surface area contributed by atoms with Crippen LogP contribution in [0.2, 0.25) is 0 Å². The maximum Gasteiger partial charge on any atom is 0.223 e. The van der Waals surface area contributed by atoms with Crippen LogP contribution in [0.4, 0.5) is 0 Å². The van der Waals surface area contributed by atoms with E-state index in [1.165, 1.54) is 16.5 Å². The van der Waals surface area contributed by atoms with Gasteiger partial charge in [0, 0.05) is 29.5 Å². The molecule has 0 aromatic heterocycles. The second kappa shape index (κ2) is 6.27.